The topological polar surface area (TPSA) is 57.0 Å². The lowest BCUT2D eigenvalue weighted by Crippen LogP contribution is -2.42. The molecule has 0 spiro atoms. The summed E-state index contributed by atoms with van der Waals surface area (Å²) in [6, 6.07) is 5.50. The number of carbonyl (C=O) groups is 1. The van der Waals surface area contributed by atoms with Gasteiger partial charge in [-0.3, -0.25) is 4.79 Å². The van der Waals surface area contributed by atoms with E-state index in [0.29, 0.717) is 17.3 Å². The summed E-state index contributed by atoms with van der Waals surface area (Å²) < 4.78 is 0. The van der Waals surface area contributed by atoms with Crippen LogP contribution in [0.5, 0.6) is 0 Å². The zero-order chi connectivity index (χ0) is 12.3. The number of likely N-dealkylation sites (tertiary alicyclic amines) is 1. The number of hydrogen-bond acceptors (Lipinski definition) is 3. The van der Waals surface area contributed by atoms with Gasteiger partial charge in [0.15, 0.2) is 0 Å². The highest BCUT2D eigenvalue weighted by atomic mass is 16.2. The summed E-state index contributed by atoms with van der Waals surface area (Å²) in [5.74, 6) is 0.0224. The van der Waals surface area contributed by atoms with E-state index < -0.39 is 0 Å². The van der Waals surface area contributed by atoms with Gasteiger partial charge in [-0.1, -0.05) is 0 Å². The average Bonchev–Trinajstić information content (AvgIpc) is 2.39. The van der Waals surface area contributed by atoms with Crippen LogP contribution < -0.4 is 0 Å². The Morgan fingerprint density at radius 2 is 2.35 bits per heavy atom. The van der Waals surface area contributed by atoms with E-state index in [1.165, 1.54) is 12.6 Å². The Morgan fingerprint density at radius 1 is 1.53 bits per heavy atom. The van der Waals surface area contributed by atoms with E-state index in [1.807, 2.05) is 11.0 Å². The van der Waals surface area contributed by atoms with E-state index in [2.05, 4.69) is 11.9 Å². The molecule has 1 aromatic heterocycles. The number of rotatable bonds is 1. The van der Waals surface area contributed by atoms with Crippen molar-refractivity contribution in [2.75, 3.05) is 6.54 Å². The van der Waals surface area contributed by atoms with Crippen LogP contribution in [0, 0.1) is 11.3 Å². The maximum absolute atomic E-state index is 12.2. The quantitative estimate of drug-likeness (QED) is 0.739. The molecule has 1 aliphatic rings. The van der Waals surface area contributed by atoms with Gasteiger partial charge in [0.1, 0.15) is 11.8 Å². The monoisotopic (exact) mass is 229 g/mol. The molecule has 0 radical (unpaired) electrons. The first-order valence-corrected chi connectivity index (χ1v) is 5.89. The summed E-state index contributed by atoms with van der Waals surface area (Å²) in [4.78, 5) is 18.0. The fourth-order valence-corrected chi connectivity index (χ4v) is 2.15. The van der Waals surface area contributed by atoms with Crippen molar-refractivity contribution < 1.29 is 4.79 Å². The molecule has 1 saturated heterocycles. The molecule has 2 rings (SSSR count). The van der Waals surface area contributed by atoms with Crippen molar-refractivity contribution in [2.45, 2.75) is 32.2 Å². The van der Waals surface area contributed by atoms with Crippen molar-refractivity contribution in [3.63, 3.8) is 0 Å². The van der Waals surface area contributed by atoms with E-state index >= 15 is 0 Å². The minimum atomic E-state index is 0.0224. The van der Waals surface area contributed by atoms with Crippen LogP contribution >= 0.6 is 0 Å². The zero-order valence-electron chi connectivity index (χ0n) is 9.89. The molecule has 0 aromatic carbocycles. The molecule has 0 bridgehead atoms. The van der Waals surface area contributed by atoms with Crippen LogP contribution in [-0.2, 0) is 0 Å². The molecule has 1 aromatic rings. The minimum Gasteiger partial charge on any atom is -0.336 e. The first-order chi connectivity index (χ1) is 8.22. The van der Waals surface area contributed by atoms with Crippen LogP contribution in [0.2, 0.25) is 0 Å². The fraction of sp³-hybridized carbons (Fsp3) is 0.462. The van der Waals surface area contributed by atoms with Crippen LogP contribution in [0.25, 0.3) is 0 Å². The zero-order valence-corrected chi connectivity index (χ0v) is 9.89. The predicted octanol–water partition coefficient (Wildman–Crippen LogP) is 1.97. The number of nitriles is 1. The fourth-order valence-electron chi connectivity index (χ4n) is 2.15. The Kier molecular flexibility index (Phi) is 3.38. The van der Waals surface area contributed by atoms with Crippen molar-refractivity contribution >= 4 is 5.91 Å². The van der Waals surface area contributed by atoms with Gasteiger partial charge in [-0.05, 0) is 38.3 Å². The summed E-state index contributed by atoms with van der Waals surface area (Å²) in [7, 11) is 0. The first kappa shape index (κ1) is 11.6. The second kappa shape index (κ2) is 4.96. The Bertz CT molecular complexity index is 447. The number of nitrogens with zero attached hydrogens (tertiary/aromatic N) is 3. The Balaban J connectivity index is 2.15. The van der Waals surface area contributed by atoms with Gasteiger partial charge < -0.3 is 4.90 Å². The van der Waals surface area contributed by atoms with Gasteiger partial charge in [0, 0.05) is 18.8 Å². The van der Waals surface area contributed by atoms with Crippen molar-refractivity contribution in [1.29, 1.82) is 5.26 Å². The van der Waals surface area contributed by atoms with Gasteiger partial charge in [0.25, 0.3) is 5.91 Å². The molecule has 0 saturated carbocycles. The van der Waals surface area contributed by atoms with Crippen LogP contribution in [0.1, 0.15) is 42.2 Å². The van der Waals surface area contributed by atoms with Crippen LogP contribution in [0.15, 0.2) is 18.3 Å². The lowest BCUT2D eigenvalue weighted by atomic mass is 10.0. The van der Waals surface area contributed by atoms with Crippen molar-refractivity contribution in [2.24, 2.45) is 0 Å². The molecule has 1 amide bonds. The molecule has 0 aliphatic carbocycles. The highest BCUT2D eigenvalue weighted by molar-refractivity contribution is 5.94. The number of hydrogen-bond donors (Lipinski definition) is 0. The summed E-state index contributed by atoms with van der Waals surface area (Å²) >= 11 is 0. The van der Waals surface area contributed by atoms with Gasteiger partial charge in [0.2, 0.25) is 0 Å². The molecule has 1 aliphatic heterocycles. The van der Waals surface area contributed by atoms with E-state index in [9.17, 15) is 4.79 Å². The smallest absolute Gasteiger partial charge is 0.255 e. The highest BCUT2D eigenvalue weighted by Crippen LogP contribution is 2.18. The maximum atomic E-state index is 12.2. The highest BCUT2D eigenvalue weighted by Gasteiger charge is 2.24. The van der Waals surface area contributed by atoms with Gasteiger partial charge in [-0.2, -0.15) is 5.26 Å². The van der Waals surface area contributed by atoms with Crippen LogP contribution in [0.3, 0.4) is 0 Å². The number of carbonyl (C=O) groups excluding carboxylic acids is 1. The molecule has 1 atom stereocenters. The number of aromatic nitrogens is 1. The second-order valence-electron chi connectivity index (χ2n) is 4.39. The summed E-state index contributed by atoms with van der Waals surface area (Å²) in [6.45, 7) is 2.90. The Morgan fingerprint density at radius 3 is 2.94 bits per heavy atom. The van der Waals surface area contributed by atoms with E-state index in [-0.39, 0.29) is 5.91 Å². The van der Waals surface area contributed by atoms with Gasteiger partial charge >= 0.3 is 0 Å². The minimum absolute atomic E-state index is 0.0224. The molecular formula is C13H15N3O. The standard InChI is InChI=1S/C13H15N3O/c1-10-4-2-3-7-16(10)13(17)11-5-6-12(8-14)15-9-11/h5-6,9-10H,2-4,7H2,1H3. The maximum Gasteiger partial charge on any atom is 0.255 e. The largest absolute Gasteiger partial charge is 0.336 e. The molecular weight excluding hydrogens is 214 g/mol. The molecule has 1 fully saturated rings. The van der Waals surface area contributed by atoms with Crippen LogP contribution in [0.4, 0.5) is 0 Å². The molecule has 4 heteroatoms. The number of pyridine rings is 1. The van der Waals surface area contributed by atoms with Crippen molar-refractivity contribution in [1.82, 2.24) is 9.88 Å². The lowest BCUT2D eigenvalue weighted by Gasteiger charge is -2.33. The molecule has 4 nitrogen and oxygen atoms in total. The predicted molar refractivity (Wildman–Crippen MR) is 63.3 cm³/mol. The Labute approximate surface area is 101 Å². The lowest BCUT2D eigenvalue weighted by molar-refractivity contribution is 0.0635. The van der Waals surface area contributed by atoms with Crippen molar-refractivity contribution in [3.8, 4) is 6.07 Å². The van der Waals surface area contributed by atoms with Crippen LogP contribution in [-0.4, -0.2) is 28.4 Å². The third-order valence-electron chi connectivity index (χ3n) is 3.19. The average molecular weight is 229 g/mol. The third kappa shape index (κ3) is 2.44. The van der Waals surface area contributed by atoms with Gasteiger partial charge in [-0.25, -0.2) is 4.98 Å². The third-order valence-corrected chi connectivity index (χ3v) is 3.19. The van der Waals surface area contributed by atoms with Crippen molar-refractivity contribution in [3.05, 3.63) is 29.6 Å². The SMILES string of the molecule is CC1CCCCN1C(=O)c1ccc(C#N)nc1. The molecule has 0 N–H and O–H groups in total. The number of piperidine rings is 1. The normalized spacial score (nSPS) is 19.8. The second-order valence-corrected chi connectivity index (χ2v) is 4.39. The number of amides is 1. The van der Waals surface area contributed by atoms with Gasteiger partial charge in [0.05, 0.1) is 5.56 Å². The molecule has 2 heterocycles. The van der Waals surface area contributed by atoms with Gasteiger partial charge in [-0.15, -0.1) is 0 Å². The molecule has 1 unspecified atom stereocenters. The molecule has 17 heavy (non-hydrogen) atoms. The van der Waals surface area contributed by atoms with E-state index in [0.717, 1.165) is 19.4 Å². The Hall–Kier alpha value is -1.89. The van der Waals surface area contributed by atoms with E-state index in [4.69, 9.17) is 5.26 Å². The molecule has 88 valence electrons. The summed E-state index contributed by atoms with van der Waals surface area (Å²) in [5, 5.41) is 8.65. The summed E-state index contributed by atoms with van der Waals surface area (Å²) in [5.41, 5.74) is 0.908. The summed E-state index contributed by atoms with van der Waals surface area (Å²) in [6.07, 6.45) is 4.81. The van der Waals surface area contributed by atoms with E-state index in [1.54, 1.807) is 12.1 Å². The first-order valence-electron chi connectivity index (χ1n) is 5.89.